The average Bonchev–Trinajstić information content (AvgIpc) is 2.04. The Morgan fingerprint density at radius 2 is 2.00 bits per heavy atom. The highest BCUT2D eigenvalue weighted by Crippen LogP contribution is 2.06. The third-order valence-corrected chi connectivity index (χ3v) is 1.74. The van der Waals surface area contributed by atoms with Crippen molar-refractivity contribution in [3.8, 4) is 0 Å². The molecule has 0 heterocycles. The quantitative estimate of drug-likeness (QED) is 0.265. The predicted molar refractivity (Wildman–Crippen MR) is 53.1 cm³/mol. The van der Waals surface area contributed by atoms with Crippen LogP contribution in [0.3, 0.4) is 0 Å². The molecule has 1 nitrogen and oxygen atoms in total. The van der Waals surface area contributed by atoms with Crippen LogP contribution in [0, 0.1) is 0 Å². The molecule has 0 atom stereocenters. The van der Waals surface area contributed by atoms with Crippen LogP contribution < -0.4 is 0 Å². The van der Waals surface area contributed by atoms with Gasteiger partial charge in [0.25, 0.3) is 0 Å². The standard InChI is InChI=1S/C11H18O/c1-4-11(9-12)8-6-5-7-10(2)3/h4,7,9H,5-6,8H2,1-3H3/b11-4+. The maximum Gasteiger partial charge on any atom is 0.145 e. The number of unbranched alkanes of at least 4 members (excludes halogenated alkanes) is 1. The summed E-state index contributed by atoms with van der Waals surface area (Å²) in [7, 11) is 0. The van der Waals surface area contributed by atoms with Crippen LogP contribution in [0.4, 0.5) is 0 Å². The minimum absolute atomic E-state index is 0.907. The van der Waals surface area contributed by atoms with E-state index in [-0.39, 0.29) is 0 Å². The molecule has 1 heteroatoms. The van der Waals surface area contributed by atoms with E-state index in [0.29, 0.717) is 0 Å². The van der Waals surface area contributed by atoms with Crippen LogP contribution >= 0.6 is 0 Å². The molecule has 68 valence electrons. The zero-order valence-electron chi connectivity index (χ0n) is 8.26. The summed E-state index contributed by atoms with van der Waals surface area (Å²) in [5, 5.41) is 0. The number of hydrogen-bond donors (Lipinski definition) is 0. The van der Waals surface area contributed by atoms with Gasteiger partial charge in [-0.1, -0.05) is 17.7 Å². The molecule has 0 saturated carbocycles. The fourth-order valence-corrected chi connectivity index (χ4v) is 0.968. The number of hydrogen-bond acceptors (Lipinski definition) is 1. The zero-order valence-corrected chi connectivity index (χ0v) is 8.26. The van der Waals surface area contributed by atoms with Crippen molar-refractivity contribution in [1.29, 1.82) is 0 Å². The van der Waals surface area contributed by atoms with E-state index in [1.165, 1.54) is 5.57 Å². The molecule has 0 aliphatic heterocycles. The monoisotopic (exact) mass is 166 g/mol. The Bertz CT molecular complexity index is 183. The number of allylic oxidation sites excluding steroid dienone is 4. The van der Waals surface area contributed by atoms with Gasteiger partial charge in [-0.05, 0) is 45.6 Å². The van der Waals surface area contributed by atoms with Gasteiger partial charge < -0.3 is 0 Å². The van der Waals surface area contributed by atoms with Crippen LogP contribution in [0.1, 0.15) is 40.0 Å². The van der Waals surface area contributed by atoms with Gasteiger partial charge in [-0.2, -0.15) is 0 Å². The normalized spacial score (nSPS) is 11.1. The number of aldehydes is 1. The van der Waals surface area contributed by atoms with Gasteiger partial charge in [0.2, 0.25) is 0 Å². The number of carbonyl (C=O) groups is 1. The molecule has 0 aromatic heterocycles. The van der Waals surface area contributed by atoms with Crippen LogP contribution in [0.25, 0.3) is 0 Å². The molecule has 0 spiro atoms. The molecular weight excluding hydrogens is 148 g/mol. The first kappa shape index (κ1) is 11.2. The van der Waals surface area contributed by atoms with Crippen LogP contribution in [-0.4, -0.2) is 6.29 Å². The van der Waals surface area contributed by atoms with Gasteiger partial charge in [0, 0.05) is 0 Å². The Hall–Kier alpha value is -0.850. The Morgan fingerprint density at radius 1 is 1.33 bits per heavy atom. The van der Waals surface area contributed by atoms with Crippen LogP contribution in [0.2, 0.25) is 0 Å². The summed E-state index contributed by atoms with van der Waals surface area (Å²) in [5.41, 5.74) is 2.26. The second-order valence-corrected chi connectivity index (χ2v) is 3.16. The minimum Gasteiger partial charge on any atom is -0.298 e. The van der Waals surface area contributed by atoms with E-state index in [1.54, 1.807) is 0 Å². The predicted octanol–water partition coefficient (Wildman–Crippen LogP) is 3.27. The lowest BCUT2D eigenvalue weighted by atomic mass is 10.1. The minimum atomic E-state index is 0.907. The van der Waals surface area contributed by atoms with E-state index in [0.717, 1.165) is 31.1 Å². The molecule has 0 aliphatic rings. The third-order valence-electron chi connectivity index (χ3n) is 1.74. The van der Waals surface area contributed by atoms with Crippen LogP contribution in [0.5, 0.6) is 0 Å². The van der Waals surface area contributed by atoms with E-state index in [2.05, 4.69) is 19.9 Å². The molecule has 0 rings (SSSR count). The molecular formula is C11H18O. The zero-order chi connectivity index (χ0) is 9.40. The maximum atomic E-state index is 10.4. The highest BCUT2D eigenvalue weighted by molar-refractivity contribution is 5.72. The summed E-state index contributed by atoms with van der Waals surface area (Å²) in [6, 6.07) is 0. The highest BCUT2D eigenvalue weighted by atomic mass is 16.1. The molecule has 0 fully saturated rings. The summed E-state index contributed by atoms with van der Waals surface area (Å²) in [5.74, 6) is 0. The second kappa shape index (κ2) is 6.84. The van der Waals surface area contributed by atoms with Crippen LogP contribution in [0.15, 0.2) is 23.3 Å². The van der Waals surface area contributed by atoms with E-state index in [1.807, 2.05) is 13.0 Å². The van der Waals surface area contributed by atoms with E-state index in [9.17, 15) is 4.79 Å². The highest BCUT2D eigenvalue weighted by Gasteiger charge is 1.91. The molecule has 0 aromatic rings. The first-order chi connectivity index (χ1) is 5.70. The summed E-state index contributed by atoms with van der Waals surface area (Å²) in [4.78, 5) is 10.4. The first-order valence-corrected chi connectivity index (χ1v) is 4.44. The van der Waals surface area contributed by atoms with Gasteiger partial charge in [0.1, 0.15) is 6.29 Å². The second-order valence-electron chi connectivity index (χ2n) is 3.16. The molecule has 0 unspecified atom stereocenters. The van der Waals surface area contributed by atoms with Gasteiger partial charge in [0.05, 0.1) is 0 Å². The maximum absolute atomic E-state index is 10.4. The van der Waals surface area contributed by atoms with E-state index < -0.39 is 0 Å². The largest absolute Gasteiger partial charge is 0.298 e. The SMILES string of the molecule is C/C=C(/C=O)CCCC=C(C)C. The van der Waals surface area contributed by atoms with Crippen LogP contribution in [-0.2, 0) is 4.79 Å². The van der Waals surface area contributed by atoms with Gasteiger partial charge in [0.15, 0.2) is 0 Å². The Balaban J connectivity index is 3.56. The smallest absolute Gasteiger partial charge is 0.145 e. The molecule has 12 heavy (non-hydrogen) atoms. The first-order valence-electron chi connectivity index (χ1n) is 4.44. The number of carbonyl (C=O) groups excluding carboxylic acids is 1. The Labute approximate surface area is 75.2 Å². The van der Waals surface area contributed by atoms with Crippen molar-refractivity contribution in [2.75, 3.05) is 0 Å². The molecule has 0 aliphatic carbocycles. The fraction of sp³-hybridized carbons (Fsp3) is 0.545. The lowest BCUT2D eigenvalue weighted by Crippen LogP contribution is -1.84. The summed E-state index contributed by atoms with van der Waals surface area (Å²) in [6.45, 7) is 6.09. The van der Waals surface area contributed by atoms with Gasteiger partial charge in [-0.25, -0.2) is 0 Å². The van der Waals surface area contributed by atoms with E-state index in [4.69, 9.17) is 0 Å². The van der Waals surface area contributed by atoms with Crippen molar-refractivity contribution in [1.82, 2.24) is 0 Å². The topological polar surface area (TPSA) is 17.1 Å². The van der Waals surface area contributed by atoms with E-state index >= 15 is 0 Å². The van der Waals surface area contributed by atoms with Gasteiger partial charge >= 0.3 is 0 Å². The summed E-state index contributed by atoms with van der Waals surface area (Å²) in [6.07, 6.45) is 8.09. The summed E-state index contributed by atoms with van der Waals surface area (Å²) >= 11 is 0. The lowest BCUT2D eigenvalue weighted by Gasteiger charge is -1.96. The summed E-state index contributed by atoms with van der Waals surface area (Å²) < 4.78 is 0. The van der Waals surface area contributed by atoms with Crippen molar-refractivity contribution in [2.24, 2.45) is 0 Å². The van der Waals surface area contributed by atoms with Gasteiger partial charge in [-0.15, -0.1) is 0 Å². The molecule has 0 bridgehead atoms. The molecule has 0 amide bonds. The molecule has 0 saturated heterocycles. The molecule has 0 aromatic carbocycles. The lowest BCUT2D eigenvalue weighted by molar-refractivity contribution is -0.105. The molecule has 0 radical (unpaired) electrons. The Morgan fingerprint density at radius 3 is 2.42 bits per heavy atom. The van der Waals surface area contributed by atoms with Crippen molar-refractivity contribution in [3.05, 3.63) is 23.3 Å². The third kappa shape index (κ3) is 5.90. The van der Waals surface area contributed by atoms with Crippen molar-refractivity contribution in [3.63, 3.8) is 0 Å². The van der Waals surface area contributed by atoms with Gasteiger partial charge in [-0.3, -0.25) is 4.79 Å². The van der Waals surface area contributed by atoms with Crippen molar-refractivity contribution >= 4 is 6.29 Å². The molecule has 0 N–H and O–H groups in total. The fourth-order valence-electron chi connectivity index (χ4n) is 0.968. The van der Waals surface area contributed by atoms with Crippen molar-refractivity contribution < 1.29 is 4.79 Å². The van der Waals surface area contributed by atoms with Crippen molar-refractivity contribution in [2.45, 2.75) is 40.0 Å². The average molecular weight is 166 g/mol. The Kier molecular flexibility index (Phi) is 6.35. The number of rotatable bonds is 5.